The smallest absolute Gasteiger partial charge is 0.166 e. The summed E-state index contributed by atoms with van der Waals surface area (Å²) in [6.07, 6.45) is 25.4. The molecule has 1 saturated carbocycles. The minimum Gasteiger partial charge on any atom is -0.206 e. The molecule has 246 valence electrons. The van der Waals surface area contributed by atoms with E-state index in [4.69, 9.17) is 0 Å². The van der Waals surface area contributed by atoms with E-state index in [1.807, 2.05) is 12.1 Å². The summed E-state index contributed by atoms with van der Waals surface area (Å²) in [6, 6.07) is 16.1. The van der Waals surface area contributed by atoms with Crippen LogP contribution in [0.1, 0.15) is 121 Å². The van der Waals surface area contributed by atoms with Crippen molar-refractivity contribution in [3.63, 3.8) is 0 Å². The second-order valence-electron chi connectivity index (χ2n) is 13.9. The van der Waals surface area contributed by atoms with Gasteiger partial charge in [-0.25, -0.2) is 13.2 Å². The monoisotopic (exact) mass is 626 g/mol. The van der Waals surface area contributed by atoms with Gasteiger partial charge in [0.15, 0.2) is 11.6 Å². The molecule has 3 aromatic carbocycles. The molecule has 1 fully saturated rings. The summed E-state index contributed by atoms with van der Waals surface area (Å²) in [5.74, 6) is 0.541. The fourth-order valence-electron chi connectivity index (χ4n) is 7.86. The maximum atomic E-state index is 15.4. The van der Waals surface area contributed by atoms with Crippen molar-refractivity contribution in [1.82, 2.24) is 0 Å². The fraction of sp³-hybridized carbons (Fsp3) is 0.488. The second kappa shape index (κ2) is 17.2. The van der Waals surface area contributed by atoms with Crippen LogP contribution in [0, 0.1) is 35.2 Å². The van der Waals surface area contributed by atoms with Gasteiger partial charge in [0.05, 0.1) is 0 Å². The van der Waals surface area contributed by atoms with E-state index >= 15 is 8.78 Å². The summed E-state index contributed by atoms with van der Waals surface area (Å²) in [5, 5.41) is 0. The molecule has 0 N–H and O–H groups in total. The lowest BCUT2D eigenvalue weighted by Gasteiger charge is -2.34. The van der Waals surface area contributed by atoms with Crippen LogP contribution in [0.5, 0.6) is 0 Å². The summed E-state index contributed by atoms with van der Waals surface area (Å²) in [5.41, 5.74) is 4.75. The van der Waals surface area contributed by atoms with Crippen molar-refractivity contribution < 1.29 is 13.2 Å². The van der Waals surface area contributed by atoms with Crippen molar-refractivity contribution in [3.8, 4) is 22.3 Å². The average molecular weight is 627 g/mol. The van der Waals surface area contributed by atoms with Gasteiger partial charge < -0.3 is 0 Å². The minimum absolute atomic E-state index is 0.243. The third-order valence-corrected chi connectivity index (χ3v) is 10.7. The van der Waals surface area contributed by atoms with Gasteiger partial charge in [-0.3, -0.25) is 0 Å². The first kappa shape index (κ1) is 34.3. The molecule has 3 heteroatoms. The largest absolute Gasteiger partial charge is 0.206 e. The molecule has 0 spiro atoms. The summed E-state index contributed by atoms with van der Waals surface area (Å²) in [4.78, 5) is 0. The quantitative estimate of drug-likeness (QED) is 0.123. The van der Waals surface area contributed by atoms with Crippen LogP contribution in [0.4, 0.5) is 13.2 Å². The van der Waals surface area contributed by atoms with Gasteiger partial charge in [-0.1, -0.05) is 119 Å². The van der Waals surface area contributed by atoms with Crippen LogP contribution in [-0.4, -0.2) is 0 Å². The highest BCUT2D eigenvalue weighted by molar-refractivity contribution is 5.74. The van der Waals surface area contributed by atoms with Crippen LogP contribution in [0.3, 0.4) is 0 Å². The summed E-state index contributed by atoms with van der Waals surface area (Å²) < 4.78 is 45.5. The first-order chi connectivity index (χ1) is 22.5. The molecule has 0 nitrogen and oxygen atoms in total. The zero-order valence-electron chi connectivity index (χ0n) is 28.1. The van der Waals surface area contributed by atoms with Gasteiger partial charge in [0.2, 0.25) is 0 Å². The van der Waals surface area contributed by atoms with Gasteiger partial charge in [0.1, 0.15) is 5.82 Å². The Balaban J connectivity index is 1.16. The van der Waals surface area contributed by atoms with Gasteiger partial charge in [0.25, 0.3) is 0 Å². The lowest BCUT2D eigenvalue weighted by atomic mass is 9.71. The van der Waals surface area contributed by atoms with Crippen LogP contribution >= 0.6 is 0 Å². The Hall–Kier alpha value is -3.07. The van der Waals surface area contributed by atoms with Gasteiger partial charge in [-0.15, -0.1) is 0 Å². The third kappa shape index (κ3) is 8.84. The Morgan fingerprint density at radius 3 is 1.91 bits per heavy atom. The Labute approximate surface area is 276 Å². The van der Waals surface area contributed by atoms with Crippen LogP contribution < -0.4 is 0 Å². The molecular weight excluding hydrogens is 573 g/mol. The van der Waals surface area contributed by atoms with Crippen molar-refractivity contribution in [3.05, 3.63) is 101 Å². The van der Waals surface area contributed by atoms with E-state index < -0.39 is 11.6 Å². The number of unbranched alkanes of at least 4 members (excludes halogenated alkanes) is 7. The molecule has 0 radical (unpaired) electrons. The highest BCUT2D eigenvalue weighted by Gasteiger charge is 2.28. The number of halogens is 3. The first-order valence-corrected chi connectivity index (χ1v) is 18.2. The SMILES string of the molecule is CC=CC1CCC(C2CC=C(c3ccc(-c4ccc(-c5ccc(CCCCCCCCCC)c(F)c5F)cc4)c(F)c3)CC2)CC1. The standard InChI is InChI=1S/C43H53F3/c1-3-5-6-7-8-9-10-11-13-37-26-29-40(43(46)42(37)45)36-24-22-35(23-25-36)39-28-27-38(30-41(39)44)34-20-18-33(19-21-34)32-16-14-31(12-4-2)15-17-32/h4,12,20,22-33H,3,5-11,13-19,21H2,1-2H3. The number of benzene rings is 3. The zero-order valence-corrected chi connectivity index (χ0v) is 28.1. The highest BCUT2D eigenvalue weighted by Crippen LogP contribution is 2.42. The van der Waals surface area contributed by atoms with E-state index in [1.54, 1.807) is 42.5 Å². The highest BCUT2D eigenvalue weighted by atomic mass is 19.2. The predicted molar refractivity (Wildman–Crippen MR) is 189 cm³/mol. The Morgan fingerprint density at radius 1 is 0.652 bits per heavy atom. The lowest BCUT2D eigenvalue weighted by Crippen LogP contribution is -2.22. The van der Waals surface area contributed by atoms with Crippen molar-refractivity contribution in [2.24, 2.45) is 17.8 Å². The maximum absolute atomic E-state index is 15.4. The molecule has 0 bridgehead atoms. The normalized spacial score (nSPS) is 20.3. The zero-order chi connectivity index (χ0) is 32.3. The molecular formula is C43H53F3. The Morgan fingerprint density at radius 2 is 1.28 bits per heavy atom. The number of aryl methyl sites for hydroxylation is 1. The van der Waals surface area contributed by atoms with E-state index in [2.05, 4.69) is 32.1 Å². The first-order valence-electron chi connectivity index (χ1n) is 18.2. The van der Waals surface area contributed by atoms with E-state index in [9.17, 15) is 4.39 Å². The number of hydrogen-bond donors (Lipinski definition) is 0. The lowest BCUT2D eigenvalue weighted by molar-refractivity contribution is 0.212. The van der Waals surface area contributed by atoms with E-state index in [-0.39, 0.29) is 11.4 Å². The van der Waals surface area contributed by atoms with Crippen molar-refractivity contribution in [2.45, 2.75) is 117 Å². The average Bonchev–Trinajstić information content (AvgIpc) is 3.08. The third-order valence-electron chi connectivity index (χ3n) is 10.7. The summed E-state index contributed by atoms with van der Waals surface area (Å²) in [6.45, 7) is 4.34. The van der Waals surface area contributed by atoms with Gasteiger partial charge in [-0.05, 0) is 116 Å². The molecule has 3 aromatic rings. The second-order valence-corrected chi connectivity index (χ2v) is 13.9. The van der Waals surface area contributed by atoms with Crippen molar-refractivity contribution in [2.75, 3.05) is 0 Å². The van der Waals surface area contributed by atoms with Crippen LogP contribution in [0.25, 0.3) is 27.8 Å². The molecule has 0 aromatic heterocycles. The number of rotatable bonds is 14. The Bertz CT molecular complexity index is 1460. The topological polar surface area (TPSA) is 0 Å². The predicted octanol–water partition coefficient (Wildman–Crippen LogP) is 13.7. The molecule has 0 heterocycles. The van der Waals surface area contributed by atoms with Gasteiger partial charge in [-0.2, -0.15) is 0 Å². The molecule has 5 rings (SSSR count). The molecule has 46 heavy (non-hydrogen) atoms. The van der Waals surface area contributed by atoms with Gasteiger partial charge in [0, 0.05) is 11.1 Å². The van der Waals surface area contributed by atoms with Crippen molar-refractivity contribution in [1.29, 1.82) is 0 Å². The molecule has 0 aliphatic heterocycles. The van der Waals surface area contributed by atoms with Crippen molar-refractivity contribution >= 4 is 5.57 Å². The van der Waals surface area contributed by atoms with Crippen LogP contribution in [0.2, 0.25) is 0 Å². The summed E-state index contributed by atoms with van der Waals surface area (Å²) >= 11 is 0. The molecule has 2 aliphatic carbocycles. The molecule has 1 atom stereocenters. The van der Waals surface area contributed by atoms with E-state index in [0.717, 1.165) is 61.0 Å². The molecule has 0 amide bonds. The number of allylic oxidation sites excluding steroid dienone is 4. The maximum Gasteiger partial charge on any atom is 0.166 e. The number of hydrogen-bond acceptors (Lipinski definition) is 0. The minimum atomic E-state index is -0.801. The van der Waals surface area contributed by atoms with E-state index in [0.29, 0.717) is 23.1 Å². The molecule has 2 aliphatic rings. The molecule has 1 unspecified atom stereocenters. The molecule has 0 saturated heterocycles. The van der Waals surface area contributed by atoms with E-state index in [1.165, 1.54) is 69.8 Å². The summed E-state index contributed by atoms with van der Waals surface area (Å²) in [7, 11) is 0. The van der Waals surface area contributed by atoms with Crippen LogP contribution in [0.15, 0.2) is 72.8 Å². The van der Waals surface area contributed by atoms with Crippen LogP contribution in [-0.2, 0) is 6.42 Å². The van der Waals surface area contributed by atoms with Gasteiger partial charge >= 0.3 is 0 Å². The fourth-order valence-corrected chi connectivity index (χ4v) is 7.86. The Kier molecular flexibility index (Phi) is 12.8.